The Balaban J connectivity index is 1.39. The maximum atomic E-state index is 5.44. The number of nitrogens with zero attached hydrogens (tertiary/aromatic N) is 7. The van der Waals surface area contributed by atoms with E-state index in [1.165, 1.54) is 0 Å². The summed E-state index contributed by atoms with van der Waals surface area (Å²) < 4.78 is 13.2. The number of nitrogens with one attached hydrogen (secondary N) is 2. The molecule has 3 aromatic heterocycles. The van der Waals surface area contributed by atoms with Crippen LogP contribution in [0.5, 0.6) is 5.75 Å². The molecule has 5 rings (SSSR count). The molecule has 1 aliphatic rings. The van der Waals surface area contributed by atoms with E-state index >= 15 is 0 Å². The first-order chi connectivity index (χ1) is 15.2. The first-order valence-electron chi connectivity index (χ1n) is 9.75. The SMILES string of the molecule is COc1cccc(-c2n[nH]c(CNc3nc(N4CCOCC4)nc4c(Br)cnn34)n2)c1. The Morgan fingerprint density at radius 3 is 2.94 bits per heavy atom. The number of fused-ring (bicyclic) bond motifs is 1. The number of hydrogen-bond donors (Lipinski definition) is 2. The Labute approximate surface area is 185 Å². The largest absolute Gasteiger partial charge is 0.497 e. The molecule has 1 aromatic carbocycles. The summed E-state index contributed by atoms with van der Waals surface area (Å²) in [5.41, 5.74) is 1.56. The fourth-order valence-corrected chi connectivity index (χ4v) is 3.64. The van der Waals surface area contributed by atoms with Gasteiger partial charge in [0.25, 0.3) is 0 Å². The number of H-pyrrole nitrogens is 1. The number of hydrogen-bond acceptors (Lipinski definition) is 9. The first kappa shape index (κ1) is 19.7. The molecule has 0 amide bonds. The van der Waals surface area contributed by atoms with E-state index in [4.69, 9.17) is 9.47 Å². The maximum absolute atomic E-state index is 5.44. The summed E-state index contributed by atoms with van der Waals surface area (Å²) in [6.07, 6.45) is 1.70. The standard InChI is InChI=1S/C19H20BrN9O2/c1-30-13-4-2-3-12(9-13)16-23-15(26-27-16)11-21-18-25-19(28-5-7-31-8-6-28)24-17-14(20)10-22-29(17)18/h2-4,9-10H,5-8,11H2,1H3,(H,21,24,25)(H,23,26,27). The zero-order valence-electron chi connectivity index (χ0n) is 16.7. The van der Waals surface area contributed by atoms with Crippen molar-refractivity contribution in [2.45, 2.75) is 6.54 Å². The van der Waals surface area contributed by atoms with E-state index in [2.05, 4.69) is 56.4 Å². The lowest BCUT2D eigenvalue weighted by Crippen LogP contribution is -2.37. The van der Waals surface area contributed by atoms with Crippen molar-refractivity contribution in [3.8, 4) is 17.1 Å². The minimum Gasteiger partial charge on any atom is -0.497 e. The summed E-state index contributed by atoms with van der Waals surface area (Å²) in [4.78, 5) is 16.0. The second kappa shape index (κ2) is 8.47. The van der Waals surface area contributed by atoms with Crippen LogP contribution in [0.4, 0.5) is 11.9 Å². The van der Waals surface area contributed by atoms with Crippen molar-refractivity contribution in [2.24, 2.45) is 0 Å². The lowest BCUT2D eigenvalue weighted by atomic mass is 10.2. The number of morpholine rings is 1. The van der Waals surface area contributed by atoms with E-state index in [1.54, 1.807) is 17.8 Å². The molecule has 160 valence electrons. The predicted octanol–water partition coefficient (Wildman–Crippen LogP) is 2.13. The van der Waals surface area contributed by atoms with E-state index in [-0.39, 0.29) is 0 Å². The average Bonchev–Trinajstić information content (AvgIpc) is 3.45. The van der Waals surface area contributed by atoms with Crippen molar-refractivity contribution in [3.05, 3.63) is 40.8 Å². The van der Waals surface area contributed by atoms with Crippen LogP contribution in [0.25, 0.3) is 17.0 Å². The highest BCUT2D eigenvalue weighted by Crippen LogP contribution is 2.23. The smallest absolute Gasteiger partial charge is 0.230 e. The zero-order valence-corrected chi connectivity index (χ0v) is 18.3. The first-order valence-corrected chi connectivity index (χ1v) is 10.5. The summed E-state index contributed by atoms with van der Waals surface area (Å²) in [6, 6.07) is 7.62. The Morgan fingerprint density at radius 2 is 2.10 bits per heavy atom. The predicted molar refractivity (Wildman–Crippen MR) is 117 cm³/mol. The van der Waals surface area contributed by atoms with Crippen LogP contribution in [0.15, 0.2) is 34.9 Å². The molecular formula is C19H20BrN9O2. The van der Waals surface area contributed by atoms with Gasteiger partial charge >= 0.3 is 0 Å². The Morgan fingerprint density at radius 1 is 1.23 bits per heavy atom. The highest BCUT2D eigenvalue weighted by molar-refractivity contribution is 9.10. The molecule has 2 N–H and O–H groups in total. The van der Waals surface area contributed by atoms with Gasteiger partial charge in [0.05, 0.1) is 37.5 Å². The number of halogens is 1. The van der Waals surface area contributed by atoms with Gasteiger partial charge in [-0.15, -0.1) is 0 Å². The number of anilines is 2. The molecule has 0 unspecified atom stereocenters. The van der Waals surface area contributed by atoms with Gasteiger partial charge in [0, 0.05) is 18.7 Å². The lowest BCUT2D eigenvalue weighted by molar-refractivity contribution is 0.122. The van der Waals surface area contributed by atoms with E-state index in [1.807, 2.05) is 24.3 Å². The molecule has 0 spiro atoms. The number of aromatic amines is 1. The fourth-order valence-electron chi connectivity index (χ4n) is 3.29. The Hall–Kier alpha value is -3.25. The highest BCUT2D eigenvalue weighted by atomic mass is 79.9. The van der Waals surface area contributed by atoms with E-state index in [0.29, 0.717) is 49.0 Å². The van der Waals surface area contributed by atoms with Gasteiger partial charge in [-0.25, -0.2) is 4.98 Å². The molecule has 0 radical (unpaired) electrons. The van der Waals surface area contributed by atoms with Crippen LogP contribution < -0.4 is 15.0 Å². The molecule has 12 heteroatoms. The van der Waals surface area contributed by atoms with Crippen LogP contribution in [0, 0.1) is 0 Å². The number of methoxy groups -OCH3 is 1. The van der Waals surface area contributed by atoms with Gasteiger partial charge in [-0.2, -0.15) is 24.7 Å². The summed E-state index contributed by atoms with van der Waals surface area (Å²) in [5, 5.41) is 14.9. The molecule has 1 aliphatic heterocycles. The topological polar surface area (TPSA) is 118 Å². The van der Waals surface area contributed by atoms with Crippen molar-refractivity contribution < 1.29 is 9.47 Å². The second-order valence-electron chi connectivity index (χ2n) is 6.87. The monoisotopic (exact) mass is 485 g/mol. The number of aromatic nitrogens is 7. The van der Waals surface area contributed by atoms with E-state index in [0.717, 1.165) is 28.9 Å². The normalized spacial score (nSPS) is 14.2. The van der Waals surface area contributed by atoms with Crippen LogP contribution in [-0.4, -0.2) is 68.2 Å². The maximum Gasteiger partial charge on any atom is 0.230 e. The van der Waals surface area contributed by atoms with Crippen LogP contribution in [-0.2, 0) is 11.3 Å². The summed E-state index contributed by atoms with van der Waals surface area (Å²) >= 11 is 3.51. The minimum atomic E-state index is 0.392. The van der Waals surface area contributed by atoms with Gasteiger partial charge in [0.1, 0.15) is 11.6 Å². The Kier molecular flexibility index (Phi) is 5.38. The van der Waals surface area contributed by atoms with Crippen LogP contribution in [0.3, 0.4) is 0 Å². The molecule has 31 heavy (non-hydrogen) atoms. The number of benzene rings is 1. The Bertz CT molecular complexity index is 1200. The molecule has 0 aliphatic carbocycles. The highest BCUT2D eigenvalue weighted by Gasteiger charge is 2.19. The molecule has 4 aromatic rings. The number of ether oxygens (including phenoxy) is 2. The average molecular weight is 486 g/mol. The summed E-state index contributed by atoms with van der Waals surface area (Å²) in [6.45, 7) is 3.19. The molecule has 0 atom stereocenters. The van der Waals surface area contributed by atoms with Crippen molar-refractivity contribution in [3.63, 3.8) is 0 Å². The van der Waals surface area contributed by atoms with Crippen molar-refractivity contribution in [1.29, 1.82) is 0 Å². The van der Waals surface area contributed by atoms with Crippen LogP contribution >= 0.6 is 15.9 Å². The van der Waals surface area contributed by atoms with Gasteiger partial charge in [0.15, 0.2) is 11.5 Å². The third-order valence-corrected chi connectivity index (χ3v) is 5.44. The molecule has 0 saturated carbocycles. The van der Waals surface area contributed by atoms with Gasteiger partial charge in [-0.3, -0.25) is 5.10 Å². The minimum absolute atomic E-state index is 0.392. The zero-order chi connectivity index (χ0) is 21.2. The summed E-state index contributed by atoms with van der Waals surface area (Å²) in [7, 11) is 1.63. The molecule has 11 nitrogen and oxygen atoms in total. The fraction of sp³-hybridized carbons (Fsp3) is 0.316. The molecule has 4 heterocycles. The van der Waals surface area contributed by atoms with Gasteiger partial charge < -0.3 is 19.7 Å². The van der Waals surface area contributed by atoms with E-state index in [9.17, 15) is 0 Å². The second-order valence-corrected chi connectivity index (χ2v) is 7.72. The van der Waals surface area contributed by atoms with Crippen LogP contribution in [0.2, 0.25) is 0 Å². The molecular weight excluding hydrogens is 466 g/mol. The van der Waals surface area contributed by atoms with Crippen molar-refractivity contribution >= 4 is 33.5 Å². The van der Waals surface area contributed by atoms with Gasteiger partial charge in [-0.05, 0) is 28.1 Å². The van der Waals surface area contributed by atoms with Crippen molar-refractivity contribution in [1.82, 2.24) is 34.8 Å². The molecule has 1 saturated heterocycles. The quantitative estimate of drug-likeness (QED) is 0.423. The number of rotatable bonds is 6. The van der Waals surface area contributed by atoms with Crippen LogP contribution in [0.1, 0.15) is 5.82 Å². The van der Waals surface area contributed by atoms with Gasteiger partial charge in [-0.1, -0.05) is 12.1 Å². The lowest BCUT2D eigenvalue weighted by Gasteiger charge is -2.27. The molecule has 1 fully saturated rings. The molecule has 0 bridgehead atoms. The third-order valence-electron chi connectivity index (χ3n) is 4.88. The summed E-state index contributed by atoms with van der Waals surface area (Å²) in [5.74, 6) is 3.22. The van der Waals surface area contributed by atoms with Gasteiger partial charge in [0.2, 0.25) is 11.9 Å². The van der Waals surface area contributed by atoms with E-state index < -0.39 is 0 Å². The van der Waals surface area contributed by atoms with Crippen molar-refractivity contribution in [2.75, 3.05) is 43.6 Å². The third kappa shape index (κ3) is 4.03.